The first kappa shape index (κ1) is 13.4. The van der Waals surface area contributed by atoms with Crippen molar-refractivity contribution >= 4 is 21.9 Å². The van der Waals surface area contributed by atoms with Crippen molar-refractivity contribution in [2.75, 3.05) is 13.2 Å². The van der Waals surface area contributed by atoms with Crippen LogP contribution < -0.4 is 4.74 Å². The van der Waals surface area contributed by atoms with Crippen molar-refractivity contribution in [3.63, 3.8) is 0 Å². The third-order valence-corrected chi connectivity index (χ3v) is 3.37. The molecule has 0 spiro atoms. The Morgan fingerprint density at radius 2 is 2.39 bits per heavy atom. The van der Waals surface area contributed by atoms with Gasteiger partial charge in [-0.25, -0.2) is 4.79 Å². The summed E-state index contributed by atoms with van der Waals surface area (Å²) in [6, 6.07) is 3.40. The summed E-state index contributed by atoms with van der Waals surface area (Å²) in [7, 11) is 0. The third kappa shape index (κ3) is 3.03. The van der Waals surface area contributed by atoms with Crippen molar-refractivity contribution in [2.24, 2.45) is 0 Å². The second kappa shape index (κ2) is 5.71. The Kier molecular flexibility index (Phi) is 4.24. The lowest BCUT2D eigenvalue weighted by Crippen LogP contribution is -2.18. The Morgan fingerprint density at radius 3 is 3.00 bits per heavy atom. The molecule has 1 N–H and O–H groups in total. The quantitative estimate of drug-likeness (QED) is 0.928. The van der Waals surface area contributed by atoms with Crippen molar-refractivity contribution in [3.05, 3.63) is 27.7 Å². The van der Waals surface area contributed by atoms with Gasteiger partial charge in [-0.05, 0) is 37.5 Å². The highest BCUT2D eigenvalue weighted by Crippen LogP contribution is 2.28. The van der Waals surface area contributed by atoms with Gasteiger partial charge in [0, 0.05) is 11.1 Å². The molecular weight excluding hydrogens is 300 g/mol. The Labute approximate surface area is 114 Å². The molecule has 0 aliphatic carbocycles. The smallest absolute Gasteiger partial charge is 0.339 e. The molecule has 2 rings (SSSR count). The van der Waals surface area contributed by atoms with Crippen LogP contribution in [0.25, 0.3) is 0 Å². The molecule has 0 amide bonds. The molecule has 1 aliphatic heterocycles. The number of rotatable bonds is 4. The van der Waals surface area contributed by atoms with Crippen molar-refractivity contribution in [2.45, 2.75) is 25.9 Å². The molecule has 0 radical (unpaired) electrons. The Balaban J connectivity index is 2.17. The van der Waals surface area contributed by atoms with E-state index < -0.39 is 5.97 Å². The maximum atomic E-state index is 11.2. The fraction of sp³-hybridized carbons (Fsp3) is 0.462. The van der Waals surface area contributed by atoms with E-state index in [0.29, 0.717) is 12.4 Å². The summed E-state index contributed by atoms with van der Waals surface area (Å²) >= 11 is 3.29. The number of halogens is 1. The van der Waals surface area contributed by atoms with Gasteiger partial charge in [0.1, 0.15) is 17.9 Å². The molecule has 1 aromatic rings. The van der Waals surface area contributed by atoms with Crippen LogP contribution in [0, 0.1) is 6.92 Å². The van der Waals surface area contributed by atoms with Crippen LogP contribution in [0.3, 0.4) is 0 Å². The molecular formula is C13H15BrO4. The van der Waals surface area contributed by atoms with Gasteiger partial charge in [-0.15, -0.1) is 0 Å². The number of ether oxygens (including phenoxy) is 2. The van der Waals surface area contributed by atoms with Gasteiger partial charge < -0.3 is 14.6 Å². The van der Waals surface area contributed by atoms with Crippen LogP contribution in [0.4, 0.5) is 0 Å². The first-order valence-electron chi connectivity index (χ1n) is 5.86. The lowest BCUT2D eigenvalue weighted by molar-refractivity contribution is 0.0627. The van der Waals surface area contributed by atoms with E-state index in [9.17, 15) is 9.90 Å². The SMILES string of the molecule is Cc1cc(Br)cc(C(=O)O)c1OCC1CCCO1. The highest BCUT2D eigenvalue weighted by molar-refractivity contribution is 9.10. The third-order valence-electron chi connectivity index (χ3n) is 2.91. The highest BCUT2D eigenvalue weighted by atomic mass is 79.9. The molecule has 0 bridgehead atoms. The van der Waals surface area contributed by atoms with E-state index in [1.54, 1.807) is 6.07 Å². The van der Waals surface area contributed by atoms with Crippen LogP contribution in [-0.2, 0) is 4.74 Å². The number of carboxylic acid groups (broad SMARTS) is 1. The van der Waals surface area contributed by atoms with Gasteiger partial charge >= 0.3 is 5.97 Å². The van der Waals surface area contributed by atoms with E-state index in [0.717, 1.165) is 29.5 Å². The maximum absolute atomic E-state index is 11.2. The number of hydrogen-bond donors (Lipinski definition) is 1. The van der Waals surface area contributed by atoms with Gasteiger partial charge in [0.25, 0.3) is 0 Å². The minimum atomic E-state index is -0.984. The highest BCUT2D eigenvalue weighted by Gasteiger charge is 2.19. The largest absolute Gasteiger partial charge is 0.490 e. The van der Waals surface area contributed by atoms with Crippen molar-refractivity contribution in [1.29, 1.82) is 0 Å². The molecule has 1 saturated heterocycles. The first-order chi connectivity index (χ1) is 8.58. The zero-order valence-electron chi connectivity index (χ0n) is 10.1. The summed E-state index contributed by atoms with van der Waals surface area (Å²) in [5.41, 5.74) is 0.986. The number of hydrogen-bond acceptors (Lipinski definition) is 3. The summed E-state index contributed by atoms with van der Waals surface area (Å²) < 4.78 is 11.8. The van der Waals surface area contributed by atoms with Crippen LogP contribution in [0.1, 0.15) is 28.8 Å². The number of carbonyl (C=O) groups is 1. The summed E-state index contributed by atoms with van der Waals surface area (Å²) in [4.78, 5) is 11.2. The summed E-state index contributed by atoms with van der Waals surface area (Å²) in [5, 5.41) is 9.17. The second-order valence-electron chi connectivity index (χ2n) is 4.35. The van der Waals surface area contributed by atoms with Crippen LogP contribution in [0.15, 0.2) is 16.6 Å². The molecule has 18 heavy (non-hydrogen) atoms. The second-order valence-corrected chi connectivity index (χ2v) is 5.27. The standard InChI is InChI=1S/C13H15BrO4/c1-8-5-9(14)6-11(13(15)16)12(8)18-7-10-3-2-4-17-10/h5-6,10H,2-4,7H2,1H3,(H,15,16). The number of carboxylic acids is 1. The predicted octanol–water partition coefficient (Wildman–Crippen LogP) is 3.01. The maximum Gasteiger partial charge on any atom is 0.339 e. The van der Waals surface area contributed by atoms with Crippen molar-refractivity contribution in [1.82, 2.24) is 0 Å². The van der Waals surface area contributed by atoms with Gasteiger partial charge in [-0.2, -0.15) is 0 Å². The zero-order chi connectivity index (χ0) is 13.1. The number of benzene rings is 1. The average molecular weight is 315 g/mol. The first-order valence-corrected chi connectivity index (χ1v) is 6.65. The van der Waals surface area contributed by atoms with E-state index in [2.05, 4.69) is 15.9 Å². The molecule has 0 saturated carbocycles. The van der Waals surface area contributed by atoms with Gasteiger partial charge in [-0.1, -0.05) is 15.9 Å². The van der Waals surface area contributed by atoms with Gasteiger partial charge in [0.15, 0.2) is 0 Å². The minimum absolute atomic E-state index is 0.0784. The molecule has 0 aromatic heterocycles. The molecule has 5 heteroatoms. The summed E-state index contributed by atoms with van der Waals surface area (Å²) in [5.74, 6) is -0.553. The van der Waals surface area contributed by atoms with E-state index in [1.165, 1.54) is 0 Å². The molecule has 1 aliphatic rings. The summed E-state index contributed by atoms with van der Waals surface area (Å²) in [6.45, 7) is 3.00. The van der Waals surface area contributed by atoms with Crippen LogP contribution in [-0.4, -0.2) is 30.4 Å². The fourth-order valence-corrected chi connectivity index (χ4v) is 2.60. The van der Waals surface area contributed by atoms with Crippen LogP contribution in [0.2, 0.25) is 0 Å². The zero-order valence-corrected chi connectivity index (χ0v) is 11.7. The minimum Gasteiger partial charge on any atom is -0.490 e. The van der Waals surface area contributed by atoms with E-state index in [4.69, 9.17) is 9.47 Å². The normalized spacial score (nSPS) is 18.9. The van der Waals surface area contributed by atoms with Gasteiger partial charge in [0.2, 0.25) is 0 Å². The molecule has 98 valence electrons. The Bertz CT molecular complexity index is 453. The van der Waals surface area contributed by atoms with Crippen molar-refractivity contribution in [3.8, 4) is 5.75 Å². The fourth-order valence-electron chi connectivity index (χ4n) is 2.03. The van der Waals surface area contributed by atoms with Gasteiger partial charge in [0.05, 0.1) is 6.10 Å². The lowest BCUT2D eigenvalue weighted by atomic mass is 10.1. The molecule has 1 atom stereocenters. The topological polar surface area (TPSA) is 55.8 Å². The van der Waals surface area contributed by atoms with Crippen molar-refractivity contribution < 1.29 is 19.4 Å². The van der Waals surface area contributed by atoms with Gasteiger partial charge in [-0.3, -0.25) is 0 Å². The van der Waals surface area contributed by atoms with E-state index in [-0.39, 0.29) is 11.7 Å². The average Bonchev–Trinajstić information content (AvgIpc) is 2.79. The number of aromatic carboxylic acids is 1. The molecule has 4 nitrogen and oxygen atoms in total. The van der Waals surface area contributed by atoms with Crippen LogP contribution >= 0.6 is 15.9 Å². The van der Waals surface area contributed by atoms with E-state index >= 15 is 0 Å². The Morgan fingerprint density at radius 1 is 1.61 bits per heavy atom. The van der Waals surface area contributed by atoms with Crippen LogP contribution in [0.5, 0.6) is 5.75 Å². The summed E-state index contributed by atoms with van der Waals surface area (Å²) in [6.07, 6.45) is 2.09. The molecule has 1 fully saturated rings. The monoisotopic (exact) mass is 314 g/mol. The predicted molar refractivity (Wildman–Crippen MR) is 70.3 cm³/mol. The van der Waals surface area contributed by atoms with E-state index in [1.807, 2.05) is 13.0 Å². The number of aryl methyl sites for hydroxylation is 1. The molecule has 1 unspecified atom stereocenters. The molecule has 1 aromatic carbocycles. The Hall–Kier alpha value is -1.07. The lowest BCUT2D eigenvalue weighted by Gasteiger charge is -2.15. The molecule has 1 heterocycles.